The highest BCUT2D eigenvalue weighted by molar-refractivity contribution is 6.34. The lowest BCUT2D eigenvalue weighted by atomic mass is 9.89. The van der Waals surface area contributed by atoms with Crippen LogP contribution in [0.1, 0.15) is 45.8 Å². The molecule has 37 heavy (non-hydrogen) atoms. The Morgan fingerprint density at radius 1 is 1.03 bits per heavy atom. The maximum Gasteiger partial charge on any atom is 0.259 e. The minimum atomic E-state index is -0.377. The minimum Gasteiger partial charge on any atom is -0.339 e. The van der Waals surface area contributed by atoms with E-state index in [-0.39, 0.29) is 17.6 Å². The average molecular weight is 513 g/mol. The third-order valence-corrected chi connectivity index (χ3v) is 7.02. The first kappa shape index (κ1) is 24.4. The molecule has 0 saturated carbocycles. The van der Waals surface area contributed by atoms with E-state index < -0.39 is 0 Å². The summed E-state index contributed by atoms with van der Waals surface area (Å²) in [6.45, 7) is 1.17. The molecule has 5 rings (SSSR count). The van der Waals surface area contributed by atoms with Crippen LogP contribution >= 0.6 is 11.6 Å². The van der Waals surface area contributed by atoms with E-state index in [1.807, 2.05) is 24.3 Å². The van der Waals surface area contributed by atoms with Crippen molar-refractivity contribution in [2.45, 2.75) is 18.8 Å². The molecule has 6 nitrogen and oxygen atoms in total. The van der Waals surface area contributed by atoms with Gasteiger partial charge in [-0.1, -0.05) is 23.7 Å². The summed E-state index contributed by atoms with van der Waals surface area (Å²) in [5.74, 6) is -0.602. The van der Waals surface area contributed by atoms with Gasteiger partial charge in [-0.05, 0) is 78.9 Å². The molecule has 2 amide bonds. The number of piperidine rings is 1. The molecule has 2 aliphatic rings. The van der Waals surface area contributed by atoms with Crippen molar-refractivity contribution in [2.75, 3.05) is 18.4 Å². The van der Waals surface area contributed by atoms with Crippen molar-refractivity contribution in [1.82, 2.24) is 4.90 Å². The van der Waals surface area contributed by atoms with Crippen molar-refractivity contribution in [2.24, 2.45) is 4.99 Å². The largest absolute Gasteiger partial charge is 0.339 e. The third-order valence-electron chi connectivity index (χ3n) is 6.69. The van der Waals surface area contributed by atoms with Gasteiger partial charge in [0.1, 0.15) is 5.82 Å². The summed E-state index contributed by atoms with van der Waals surface area (Å²) in [4.78, 5) is 32.1. The molecule has 3 aromatic carbocycles. The average Bonchev–Trinajstić information content (AvgIpc) is 2.90. The van der Waals surface area contributed by atoms with Crippen LogP contribution in [0, 0.1) is 17.1 Å². The number of hydrogen-bond acceptors (Lipinski definition) is 4. The molecule has 0 bridgehead atoms. The van der Waals surface area contributed by atoms with Crippen molar-refractivity contribution in [3.8, 4) is 6.07 Å². The summed E-state index contributed by atoms with van der Waals surface area (Å²) < 4.78 is 13.2. The molecule has 2 heterocycles. The fraction of sp³-hybridized carbons (Fsp3) is 0.172. The Hall–Kier alpha value is -4.28. The van der Waals surface area contributed by atoms with Crippen LogP contribution < -0.4 is 5.32 Å². The lowest BCUT2D eigenvalue weighted by Gasteiger charge is -2.32. The predicted molar refractivity (Wildman–Crippen MR) is 141 cm³/mol. The molecule has 3 aromatic rings. The van der Waals surface area contributed by atoms with Crippen LogP contribution in [0.15, 0.2) is 77.3 Å². The fourth-order valence-electron chi connectivity index (χ4n) is 4.58. The Labute approximate surface area is 218 Å². The van der Waals surface area contributed by atoms with Crippen LogP contribution in [0.3, 0.4) is 0 Å². The monoisotopic (exact) mass is 512 g/mol. The van der Waals surface area contributed by atoms with Gasteiger partial charge in [-0.3, -0.25) is 14.6 Å². The number of carbonyl (C=O) groups excluding carboxylic acids is 2. The zero-order valence-corrected chi connectivity index (χ0v) is 20.5. The van der Waals surface area contributed by atoms with Crippen LogP contribution in [-0.4, -0.2) is 36.0 Å². The van der Waals surface area contributed by atoms with E-state index in [9.17, 15) is 14.0 Å². The van der Waals surface area contributed by atoms with Gasteiger partial charge in [0.25, 0.3) is 11.8 Å². The van der Waals surface area contributed by atoms with Gasteiger partial charge in [0, 0.05) is 30.6 Å². The van der Waals surface area contributed by atoms with Crippen molar-refractivity contribution >= 4 is 41.0 Å². The summed E-state index contributed by atoms with van der Waals surface area (Å²) in [6.07, 6.45) is 3.07. The molecule has 0 radical (unpaired) electrons. The first-order valence-corrected chi connectivity index (χ1v) is 12.3. The number of benzene rings is 3. The lowest BCUT2D eigenvalue weighted by molar-refractivity contribution is -0.112. The number of nitriles is 1. The van der Waals surface area contributed by atoms with Gasteiger partial charge in [-0.25, -0.2) is 4.39 Å². The van der Waals surface area contributed by atoms with E-state index in [2.05, 4.69) is 16.4 Å². The van der Waals surface area contributed by atoms with Crippen LogP contribution in [-0.2, 0) is 4.79 Å². The molecule has 1 fully saturated rings. The van der Waals surface area contributed by atoms with Gasteiger partial charge < -0.3 is 10.2 Å². The van der Waals surface area contributed by atoms with Crippen LogP contribution in [0.25, 0.3) is 5.70 Å². The molecule has 1 saturated heterocycles. The number of nitrogens with one attached hydrogen (secondary N) is 1. The molecule has 0 spiro atoms. The molecular formula is C29H22ClFN4O2. The molecule has 1 N–H and O–H groups in total. The zero-order valence-electron chi connectivity index (χ0n) is 19.7. The first-order valence-electron chi connectivity index (χ1n) is 11.9. The third kappa shape index (κ3) is 5.16. The quantitative estimate of drug-likeness (QED) is 0.468. The smallest absolute Gasteiger partial charge is 0.259 e. The summed E-state index contributed by atoms with van der Waals surface area (Å²) >= 11 is 6.37. The van der Waals surface area contributed by atoms with Crippen molar-refractivity contribution in [3.05, 3.63) is 105 Å². The Morgan fingerprint density at radius 2 is 1.73 bits per heavy atom. The van der Waals surface area contributed by atoms with Crippen LogP contribution in [0.4, 0.5) is 10.1 Å². The molecule has 8 heteroatoms. The van der Waals surface area contributed by atoms with Crippen LogP contribution in [0.2, 0.25) is 5.02 Å². The summed E-state index contributed by atoms with van der Waals surface area (Å²) in [5, 5.41) is 12.1. The lowest BCUT2D eigenvalue weighted by Crippen LogP contribution is -2.38. The van der Waals surface area contributed by atoms with Crippen molar-refractivity contribution in [3.63, 3.8) is 0 Å². The number of halogens is 2. The molecule has 0 unspecified atom stereocenters. The molecule has 0 aromatic heterocycles. The molecule has 184 valence electrons. The van der Waals surface area contributed by atoms with Crippen LogP contribution in [0.5, 0.6) is 0 Å². The second-order valence-electron chi connectivity index (χ2n) is 8.98. The normalized spacial score (nSPS) is 15.2. The van der Waals surface area contributed by atoms with E-state index in [1.165, 1.54) is 23.9 Å². The highest BCUT2D eigenvalue weighted by Crippen LogP contribution is 2.31. The van der Waals surface area contributed by atoms with Crippen molar-refractivity contribution < 1.29 is 14.0 Å². The second-order valence-corrected chi connectivity index (χ2v) is 9.38. The standard InChI is InChI=1S/C29H22ClFN4O2/c30-26-10-9-23(34-28(36)25-17-33-27(25)21-5-7-22(31)8-6-21)15-24(26)29(37)35-13-11-20(12-14-35)19-3-1-18(16-32)2-4-19/h1-10,15,17,20H,11-14H2,(H,34,36). The van der Waals surface area contributed by atoms with Gasteiger partial charge in [0.05, 0.1) is 33.5 Å². The second kappa shape index (κ2) is 10.4. The van der Waals surface area contributed by atoms with E-state index >= 15 is 0 Å². The van der Waals surface area contributed by atoms with Gasteiger partial charge in [0.15, 0.2) is 0 Å². The minimum absolute atomic E-state index is 0.184. The number of carbonyl (C=O) groups is 2. The first-order chi connectivity index (χ1) is 17.9. The Morgan fingerprint density at radius 3 is 2.35 bits per heavy atom. The van der Waals surface area contributed by atoms with Gasteiger partial charge in [0.2, 0.25) is 0 Å². The number of aliphatic imine (C=N–C) groups is 1. The van der Waals surface area contributed by atoms with Gasteiger partial charge >= 0.3 is 0 Å². The number of amides is 2. The maximum atomic E-state index is 13.3. The van der Waals surface area contributed by atoms with E-state index in [1.54, 1.807) is 35.2 Å². The number of nitrogens with zero attached hydrogens (tertiary/aromatic N) is 3. The van der Waals surface area contributed by atoms with Gasteiger partial charge in [-0.2, -0.15) is 5.26 Å². The number of likely N-dealkylation sites (tertiary alicyclic amines) is 1. The van der Waals surface area contributed by atoms with Crippen molar-refractivity contribution in [1.29, 1.82) is 5.26 Å². The van der Waals surface area contributed by atoms with Gasteiger partial charge in [-0.15, -0.1) is 0 Å². The predicted octanol–water partition coefficient (Wildman–Crippen LogP) is 5.80. The number of anilines is 1. The Balaban J connectivity index is 1.25. The summed E-state index contributed by atoms with van der Waals surface area (Å²) in [5.41, 5.74) is 4.06. The highest BCUT2D eigenvalue weighted by atomic mass is 35.5. The summed E-state index contributed by atoms with van der Waals surface area (Å²) in [6, 6.07) is 20.3. The number of hydrogen-bond donors (Lipinski definition) is 1. The topological polar surface area (TPSA) is 85.6 Å². The molecule has 2 aliphatic heterocycles. The fourth-order valence-corrected chi connectivity index (χ4v) is 4.78. The molecule has 0 atom stereocenters. The highest BCUT2D eigenvalue weighted by Gasteiger charge is 2.27. The van der Waals surface area contributed by atoms with E-state index in [0.29, 0.717) is 57.7 Å². The Kier molecular flexibility index (Phi) is 6.85. The number of rotatable bonds is 5. The Bertz CT molecular complexity index is 1470. The zero-order chi connectivity index (χ0) is 25.9. The van der Waals surface area contributed by atoms with E-state index in [0.717, 1.165) is 12.8 Å². The molecular weight excluding hydrogens is 491 g/mol. The summed E-state index contributed by atoms with van der Waals surface area (Å²) in [7, 11) is 0. The van der Waals surface area contributed by atoms with E-state index in [4.69, 9.17) is 16.9 Å². The molecule has 0 aliphatic carbocycles. The SMILES string of the molecule is N#Cc1ccc(C2CCN(C(=O)c3cc(NC(=O)C4=C(c5ccc(F)cc5)N=C4)ccc3Cl)CC2)cc1. The maximum absolute atomic E-state index is 13.3.